The topological polar surface area (TPSA) is 59.0 Å². The maximum absolute atomic E-state index is 13.1. The fourth-order valence-electron chi connectivity index (χ4n) is 4.29. The van der Waals surface area contributed by atoms with Crippen LogP contribution < -0.4 is 10.6 Å². The van der Waals surface area contributed by atoms with Crippen LogP contribution >= 0.6 is 0 Å². The van der Waals surface area contributed by atoms with E-state index >= 15 is 0 Å². The van der Waals surface area contributed by atoms with Crippen LogP contribution in [0.2, 0.25) is 0 Å². The van der Waals surface area contributed by atoms with Crippen molar-refractivity contribution >= 4 is 5.91 Å². The summed E-state index contributed by atoms with van der Waals surface area (Å²) in [6, 6.07) is 9.05. The Morgan fingerprint density at radius 1 is 1.30 bits per heavy atom. The number of aryl methyl sites for hydroxylation is 1. The number of halogens is 1. The van der Waals surface area contributed by atoms with E-state index in [1.807, 2.05) is 16.8 Å². The van der Waals surface area contributed by atoms with Crippen LogP contribution in [0, 0.1) is 11.7 Å². The van der Waals surface area contributed by atoms with Crippen molar-refractivity contribution < 1.29 is 9.18 Å². The highest BCUT2D eigenvalue weighted by molar-refractivity contribution is 5.76. The summed E-state index contributed by atoms with van der Waals surface area (Å²) in [7, 11) is 0. The lowest BCUT2D eigenvalue weighted by Gasteiger charge is -2.21. The summed E-state index contributed by atoms with van der Waals surface area (Å²) < 4.78 is 15.1. The minimum Gasteiger partial charge on any atom is -0.353 e. The largest absolute Gasteiger partial charge is 0.353 e. The fourth-order valence-corrected chi connectivity index (χ4v) is 4.29. The van der Waals surface area contributed by atoms with E-state index in [0.29, 0.717) is 18.8 Å². The molecule has 4 rings (SSSR count). The van der Waals surface area contributed by atoms with Crippen molar-refractivity contribution in [1.29, 1.82) is 0 Å². The molecule has 0 radical (unpaired) electrons. The second-order valence-corrected chi connectivity index (χ2v) is 7.72. The predicted molar refractivity (Wildman–Crippen MR) is 102 cm³/mol. The molecule has 0 spiro atoms. The number of hydrogen-bond donors (Lipinski definition) is 2. The molecule has 2 aliphatic rings. The molecule has 0 saturated heterocycles. The van der Waals surface area contributed by atoms with Crippen molar-refractivity contribution in [3.8, 4) is 0 Å². The van der Waals surface area contributed by atoms with E-state index in [1.165, 1.54) is 17.8 Å². The van der Waals surface area contributed by atoms with Gasteiger partial charge in [-0.2, -0.15) is 5.10 Å². The molecule has 2 N–H and O–H groups in total. The Bertz CT molecular complexity index is 762. The maximum Gasteiger partial charge on any atom is 0.220 e. The van der Waals surface area contributed by atoms with Crippen molar-refractivity contribution in [1.82, 2.24) is 20.4 Å². The van der Waals surface area contributed by atoms with Crippen molar-refractivity contribution in [3.63, 3.8) is 0 Å². The number of hydrogen-bond acceptors (Lipinski definition) is 3. The first-order valence-electron chi connectivity index (χ1n) is 9.97. The molecule has 2 unspecified atom stereocenters. The molecule has 144 valence electrons. The Morgan fingerprint density at radius 2 is 2.15 bits per heavy atom. The third kappa shape index (κ3) is 4.56. The highest BCUT2D eigenvalue weighted by Crippen LogP contribution is 2.29. The number of nitrogens with zero attached hydrogens (tertiary/aromatic N) is 2. The van der Waals surface area contributed by atoms with Gasteiger partial charge in [0.2, 0.25) is 5.91 Å². The van der Waals surface area contributed by atoms with Gasteiger partial charge in [-0.25, -0.2) is 4.39 Å². The van der Waals surface area contributed by atoms with Crippen LogP contribution in [0.15, 0.2) is 30.3 Å². The molecule has 2 heterocycles. The third-order valence-electron chi connectivity index (χ3n) is 5.75. The molecule has 0 bridgehead atoms. The second kappa shape index (κ2) is 8.21. The van der Waals surface area contributed by atoms with Gasteiger partial charge < -0.3 is 10.6 Å². The molecule has 2 atom stereocenters. The normalized spacial score (nSPS) is 21.8. The average Bonchev–Trinajstić information content (AvgIpc) is 3.28. The fraction of sp³-hybridized carbons (Fsp3) is 0.524. The molecular weight excluding hydrogens is 343 g/mol. The van der Waals surface area contributed by atoms with Gasteiger partial charge in [-0.3, -0.25) is 9.48 Å². The average molecular weight is 370 g/mol. The van der Waals surface area contributed by atoms with Gasteiger partial charge in [0, 0.05) is 32.0 Å². The molecule has 1 aromatic heterocycles. The molecule has 1 aliphatic heterocycles. The Labute approximate surface area is 159 Å². The van der Waals surface area contributed by atoms with Gasteiger partial charge in [0.1, 0.15) is 5.82 Å². The SMILES string of the molecule is O=C(CCc1cc2n(n1)CCNC2)NC1CCCC1Cc1ccc(F)cc1. The Kier molecular flexibility index (Phi) is 5.53. The molecular formula is C21H27FN4O. The summed E-state index contributed by atoms with van der Waals surface area (Å²) in [5, 5.41) is 11.2. The van der Waals surface area contributed by atoms with Gasteiger partial charge in [0.25, 0.3) is 0 Å². The van der Waals surface area contributed by atoms with Crippen LogP contribution in [-0.2, 0) is 30.7 Å². The van der Waals surface area contributed by atoms with Gasteiger partial charge in [0.15, 0.2) is 0 Å². The Hall–Kier alpha value is -2.21. The van der Waals surface area contributed by atoms with Gasteiger partial charge in [-0.15, -0.1) is 0 Å². The molecule has 1 fully saturated rings. The maximum atomic E-state index is 13.1. The second-order valence-electron chi connectivity index (χ2n) is 7.72. The standard InChI is InChI=1S/C21H27FN4O/c22-17-6-4-15(5-7-17)12-16-2-1-3-20(16)24-21(27)9-8-18-13-19-14-23-10-11-26(19)25-18/h4-7,13,16,20,23H,1-3,8-12,14H2,(H,24,27). The number of nitrogens with one attached hydrogen (secondary N) is 2. The number of amides is 1. The van der Waals surface area contributed by atoms with Crippen LogP contribution in [0.25, 0.3) is 0 Å². The summed E-state index contributed by atoms with van der Waals surface area (Å²) in [6.07, 6.45) is 5.33. The van der Waals surface area contributed by atoms with Crippen LogP contribution in [0.1, 0.15) is 42.6 Å². The molecule has 5 nitrogen and oxygen atoms in total. The van der Waals surface area contributed by atoms with E-state index in [0.717, 1.165) is 56.6 Å². The molecule has 1 aromatic carbocycles. The molecule has 1 saturated carbocycles. The molecule has 1 aliphatic carbocycles. The van der Waals surface area contributed by atoms with Crippen LogP contribution in [0.5, 0.6) is 0 Å². The van der Waals surface area contributed by atoms with Gasteiger partial charge in [-0.1, -0.05) is 18.6 Å². The zero-order chi connectivity index (χ0) is 18.6. The van der Waals surface area contributed by atoms with E-state index in [2.05, 4.69) is 21.8 Å². The zero-order valence-electron chi connectivity index (χ0n) is 15.6. The van der Waals surface area contributed by atoms with E-state index in [1.54, 1.807) is 0 Å². The zero-order valence-corrected chi connectivity index (χ0v) is 15.6. The highest BCUT2D eigenvalue weighted by atomic mass is 19.1. The lowest BCUT2D eigenvalue weighted by Crippen LogP contribution is -2.38. The lowest BCUT2D eigenvalue weighted by atomic mass is 9.94. The summed E-state index contributed by atoms with van der Waals surface area (Å²) in [6.45, 7) is 2.70. The number of benzene rings is 1. The number of carbonyl (C=O) groups is 1. The van der Waals surface area contributed by atoms with E-state index < -0.39 is 0 Å². The van der Waals surface area contributed by atoms with Gasteiger partial charge in [0.05, 0.1) is 17.9 Å². The summed E-state index contributed by atoms with van der Waals surface area (Å²) in [4.78, 5) is 12.5. The first-order chi connectivity index (χ1) is 13.2. The first-order valence-corrected chi connectivity index (χ1v) is 9.97. The van der Waals surface area contributed by atoms with Crippen molar-refractivity contribution in [3.05, 3.63) is 53.1 Å². The quantitative estimate of drug-likeness (QED) is 0.822. The van der Waals surface area contributed by atoms with Crippen molar-refractivity contribution in [2.24, 2.45) is 5.92 Å². The predicted octanol–water partition coefficient (Wildman–Crippen LogP) is 2.59. The van der Waals surface area contributed by atoms with E-state index in [9.17, 15) is 9.18 Å². The minimum absolute atomic E-state index is 0.107. The summed E-state index contributed by atoms with van der Waals surface area (Å²) in [5.74, 6) is 0.340. The van der Waals surface area contributed by atoms with Crippen molar-refractivity contribution in [2.45, 2.75) is 57.7 Å². The number of rotatable bonds is 6. The number of aromatic nitrogens is 2. The van der Waals surface area contributed by atoms with Crippen LogP contribution in [0.3, 0.4) is 0 Å². The lowest BCUT2D eigenvalue weighted by molar-refractivity contribution is -0.122. The minimum atomic E-state index is -0.202. The van der Waals surface area contributed by atoms with Gasteiger partial charge in [-0.05, 0) is 48.9 Å². The first kappa shape index (κ1) is 18.2. The third-order valence-corrected chi connectivity index (χ3v) is 5.75. The molecule has 6 heteroatoms. The molecule has 1 amide bonds. The number of carbonyl (C=O) groups excluding carboxylic acids is 1. The van der Waals surface area contributed by atoms with E-state index in [-0.39, 0.29) is 17.8 Å². The summed E-state index contributed by atoms with van der Waals surface area (Å²) in [5.41, 5.74) is 3.34. The summed E-state index contributed by atoms with van der Waals surface area (Å²) >= 11 is 0. The smallest absolute Gasteiger partial charge is 0.220 e. The monoisotopic (exact) mass is 370 g/mol. The molecule has 27 heavy (non-hydrogen) atoms. The van der Waals surface area contributed by atoms with E-state index in [4.69, 9.17) is 0 Å². The highest BCUT2D eigenvalue weighted by Gasteiger charge is 2.28. The van der Waals surface area contributed by atoms with Crippen LogP contribution in [-0.4, -0.2) is 28.3 Å². The van der Waals surface area contributed by atoms with Gasteiger partial charge >= 0.3 is 0 Å². The molecule has 2 aromatic rings. The Morgan fingerprint density at radius 3 is 2.96 bits per heavy atom. The van der Waals surface area contributed by atoms with Crippen LogP contribution in [0.4, 0.5) is 4.39 Å². The Balaban J connectivity index is 1.28. The van der Waals surface area contributed by atoms with Crippen molar-refractivity contribution in [2.75, 3.05) is 6.54 Å². The number of fused-ring (bicyclic) bond motifs is 1.